The minimum Gasteiger partial charge on any atom is -0.255 e. The van der Waals surface area contributed by atoms with Crippen molar-refractivity contribution in [1.82, 2.24) is 4.98 Å². The van der Waals surface area contributed by atoms with E-state index in [0.29, 0.717) is 6.20 Å². The third-order valence-electron chi connectivity index (χ3n) is 1.66. The topological polar surface area (TPSA) is 12.9 Å². The Kier molecular flexibility index (Phi) is 5.33. The van der Waals surface area contributed by atoms with Gasteiger partial charge in [0.15, 0.2) is 11.6 Å². The van der Waals surface area contributed by atoms with Crippen LogP contribution in [0.2, 0.25) is 0 Å². The molecule has 0 saturated carbocycles. The molecule has 0 amide bonds. The first-order valence-corrected chi connectivity index (χ1v) is 4.78. The summed E-state index contributed by atoms with van der Waals surface area (Å²) in [4.78, 5) is 3.22. The number of pyridine rings is 1. The van der Waals surface area contributed by atoms with Crippen LogP contribution >= 0.6 is 0 Å². The molecule has 0 saturated heterocycles. The minimum absolute atomic E-state index is 0.0187. The average Bonchev–Trinajstić information content (AvgIpc) is 2.19. The number of halogens is 5. The molecule has 16 heavy (non-hydrogen) atoms. The smallest absolute Gasteiger partial charge is 0.255 e. The van der Waals surface area contributed by atoms with Crippen LogP contribution in [0.3, 0.4) is 0 Å². The van der Waals surface area contributed by atoms with Gasteiger partial charge in [-0.15, -0.1) is 0 Å². The van der Waals surface area contributed by atoms with Gasteiger partial charge < -0.3 is 0 Å². The van der Waals surface area contributed by atoms with Gasteiger partial charge in [0.2, 0.25) is 0 Å². The average molecular weight is 241 g/mol. The van der Waals surface area contributed by atoms with Gasteiger partial charge in [0.1, 0.15) is 5.56 Å². The molecule has 6 heteroatoms. The second kappa shape index (κ2) is 5.77. The van der Waals surface area contributed by atoms with E-state index in [0.717, 1.165) is 0 Å². The zero-order valence-electron chi connectivity index (χ0n) is 9.12. The molecule has 0 aliphatic heterocycles. The molecule has 1 heterocycles. The van der Waals surface area contributed by atoms with Gasteiger partial charge in [-0.2, -0.15) is 13.2 Å². The van der Waals surface area contributed by atoms with E-state index in [-0.39, 0.29) is 6.42 Å². The molecule has 0 unspecified atom stereocenters. The van der Waals surface area contributed by atoms with E-state index < -0.39 is 29.1 Å². The van der Waals surface area contributed by atoms with Crippen LogP contribution in [0.25, 0.3) is 0 Å². The fourth-order valence-corrected chi connectivity index (χ4v) is 1.01. The van der Waals surface area contributed by atoms with Crippen molar-refractivity contribution in [3.05, 3.63) is 29.1 Å². The minimum atomic E-state index is -5.03. The number of rotatable bonds is 1. The molecule has 0 bridgehead atoms. The van der Waals surface area contributed by atoms with E-state index >= 15 is 0 Å². The summed E-state index contributed by atoms with van der Waals surface area (Å²) in [6, 6.07) is 0. The molecule has 0 spiro atoms. The second-order valence-electron chi connectivity index (χ2n) is 2.59. The normalized spacial score (nSPS) is 10.8. The highest BCUT2D eigenvalue weighted by atomic mass is 19.4. The molecule has 0 atom stereocenters. The highest BCUT2D eigenvalue weighted by Crippen LogP contribution is 2.33. The fraction of sp³-hybridized carbons (Fsp3) is 0.500. The second-order valence-corrected chi connectivity index (χ2v) is 2.59. The van der Waals surface area contributed by atoms with Crippen molar-refractivity contribution >= 4 is 0 Å². The van der Waals surface area contributed by atoms with E-state index in [1.54, 1.807) is 0 Å². The summed E-state index contributed by atoms with van der Waals surface area (Å²) in [6.45, 7) is 5.43. The Morgan fingerprint density at radius 2 is 1.69 bits per heavy atom. The summed E-state index contributed by atoms with van der Waals surface area (Å²) >= 11 is 0. The summed E-state index contributed by atoms with van der Waals surface area (Å²) in [6.07, 6.45) is -4.67. The van der Waals surface area contributed by atoms with Gasteiger partial charge in [-0.25, -0.2) is 8.78 Å². The lowest BCUT2D eigenvalue weighted by molar-refractivity contribution is -0.142. The summed E-state index contributed by atoms with van der Waals surface area (Å²) < 4.78 is 62.0. The highest BCUT2D eigenvalue weighted by molar-refractivity contribution is 5.23. The molecule has 0 aliphatic rings. The molecular formula is C10H12F5N. The number of nitrogens with zero attached hydrogens (tertiary/aromatic N) is 1. The van der Waals surface area contributed by atoms with Gasteiger partial charge in [-0.1, -0.05) is 20.8 Å². The van der Waals surface area contributed by atoms with Crippen molar-refractivity contribution in [3.63, 3.8) is 0 Å². The van der Waals surface area contributed by atoms with Crippen LogP contribution in [-0.2, 0) is 12.6 Å². The summed E-state index contributed by atoms with van der Waals surface area (Å²) in [5, 5.41) is 0. The van der Waals surface area contributed by atoms with Crippen LogP contribution < -0.4 is 0 Å². The molecule has 0 radical (unpaired) electrons. The third-order valence-corrected chi connectivity index (χ3v) is 1.66. The predicted octanol–water partition coefficient (Wildman–Crippen LogP) is 3.97. The maximum absolute atomic E-state index is 13.0. The van der Waals surface area contributed by atoms with Crippen molar-refractivity contribution in [1.29, 1.82) is 0 Å². The van der Waals surface area contributed by atoms with E-state index in [4.69, 9.17) is 0 Å². The predicted molar refractivity (Wildman–Crippen MR) is 49.9 cm³/mol. The lowest BCUT2D eigenvalue weighted by Crippen LogP contribution is -2.14. The molecule has 1 rings (SSSR count). The standard InChI is InChI=1S/C8H6F5N.C2H6/c1-2-5-7(10)6(8(11,12)13)4(9)3-14-5;1-2/h3H,2H2,1H3;1-2H3. The van der Waals surface area contributed by atoms with Gasteiger partial charge in [-0.05, 0) is 6.42 Å². The van der Waals surface area contributed by atoms with Gasteiger partial charge in [0, 0.05) is 0 Å². The molecule has 0 aromatic carbocycles. The zero-order chi connectivity index (χ0) is 12.9. The van der Waals surface area contributed by atoms with Gasteiger partial charge in [-0.3, -0.25) is 4.98 Å². The molecule has 1 aromatic heterocycles. The first kappa shape index (κ1) is 14.8. The van der Waals surface area contributed by atoms with Crippen LogP contribution in [0, 0.1) is 11.6 Å². The summed E-state index contributed by atoms with van der Waals surface area (Å²) in [5.41, 5.74) is -2.26. The third kappa shape index (κ3) is 3.15. The Hall–Kier alpha value is -1.20. The number of hydrogen-bond acceptors (Lipinski definition) is 1. The van der Waals surface area contributed by atoms with Gasteiger partial charge in [0.25, 0.3) is 0 Å². The van der Waals surface area contributed by atoms with Crippen molar-refractivity contribution in [2.45, 2.75) is 33.4 Å². The Bertz CT molecular complexity index is 346. The maximum atomic E-state index is 13.0. The lowest BCUT2D eigenvalue weighted by Gasteiger charge is -2.10. The van der Waals surface area contributed by atoms with Crippen LogP contribution in [0.5, 0.6) is 0 Å². The number of aryl methyl sites for hydroxylation is 1. The van der Waals surface area contributed by atoms with Crippen molar-refractivity contribution in [2.75, 3.05) is 0 Å². The first-order chi connectivity index (χ1) is 7.38. The lowest BCUT2D eigenvalue weighted by atomic mass is 10.1. The quantitative estimate of drug-likeness (QED) is 0.678. The van der Waals surface area contributed by atoms with Crippen molar-refractivity contribution in [3.8, 4) is 0 Å². The van der Waals surface area contributed by atoms with Crippen molar-refractivity contribution < 1.29 is 22.0 Å². The number of alkyl halides is 3. The van der Waals surface area contributed by atoms with E-state index in [9.17, 15) is 22.0 Å². The van der Waals surface area contributed by atoms with Crippen LogP contribution in [0.4, 0.5) is 22.0 Å². The Labute approximate surface area is 90.3 Å². The molecule has 0 fully saturated rings. The summed E-state index contributed by atoms with van der Waals surface area (Å²) in [5.74, 6) is -3.31. The van der Waals surface area contributed by atoms with E-state index in [1.165, 1.54) is 6.92 Å². The summed E-state index contributed by atoms with van der Waals surface area (Å²) in [7, 11) is 0. The SMILES string of the molecule is CC.CCc1ncc(F)c(C(F)(F)F)c1F. The Morgan fingerprint density at radius 1 is 1.19 bits per heavy atom. The highest BCUT2D eigenvalue weighted by Gasteiger charge is 2.38. The van der Waals surface area contributed by atoms with Crippen LogP contribution in [-0.4, -0.2) is 4.98 Å². The van der Waals surface area contributed by atoms with Crippen molar-refractivity contribution in [2.24, 2.45) is 0 Å². The van der Waals surface area contributed by atoms with Crippen LogP contribution in [0.15, 0.2) is 6.20 Å². The van der Waals surface area contributed by atoms with E-state index in [2.05, 4.69) is 4.98 Å². The zero-order valence-corrected chi connectivity index (χ0v) is 9.12. The number of aromatic nitrogens is 1. The monoisotopic (exact) mass is 241 g/mol. The molecule has 0 aliphatic carbocycles. The molecule has 0 N–H and O–H groups in total. The number of hydrogen-bond donors (Lipinski definition) is 0. The molecule has 1 nitrogen and oxygen atoms in total. The van der Waals surface area contributed by atoms with Crippen LogP contribution in [0.1, 0.15) is 32.0 Å². The molecular weight excluding hydrogens is 229 g/mol. The largest absolute Gasteiger partial charge is 0.422 e. The maximum Gasteiger partial charge on any atom is 0.422 e. The molecule has 92 valence electrons. The van der Waals surface area contributed by atoms with E-state index in [1.807, 2.05) is 13.8 Å². The first-order valence-electron chi connectivity index (χ1n) is 4.78. The Morgan fingerprint density at radius 3 is 2.06 bits per heavy atom. The van der Waals surface area contributed by atoms with Gasteiger partial charge in [0.05, 0.1) is 11.9 Å². The Balaban J connectivity index is 0.00000106. The fourth-order valence-electron chi connectivity index (χ4n) is 1.01. The molecule has 1 aromatic rings. The van der Waals surface area contributed by atoms with Gasteiger partial charge >= 0.3 is 6.18 Å².